The molecule has 0 aliphatic carbocycles. The number of hydrogen-bond donors (Lipinski definition) is 2. The molecule has 4 rings (SSSR count). The van der Waals surface area contributed by atoms with Crippen LogP contribution in [0.25, 0.3) is 0 Å². The van der Waals surface area contributed by atoms with Gasteiger partial charge < -0.3 is 29.5 Å². The summed E-state index contributed by atoms with van der Waals surface area (Å²) in [5, 5.41) is 23.0. The monoisotopic (exact) mass is 533 g/mol. The van der Waals surface area contributed by atoms with Gasteiger partial charge in [-0.25, -0.2) is 8.78 Å². The average molecular weight is 534 g/mol. The molecular formula is C28H37F2N3O5. The first-order chi connectivity index (χ1) is 18.1. The maximum atomic E-state index is 13.7. The number of carbonyl (C=O) groups is 1. The number of halogens is 2. The Labute approximate surface area is 222 Å². The number of aryl methyl sites for hydroxylation is 1. The van der Waals surface area contributed by atoms with Crippen LogP contribution in [0.1, 0.15) is 18.4 Å². The van der Waals surface area contributed by atoms with Gasteiger partial charge in [0.15, 0.2) is 11.6 Å². The first-order valence-electron chi connectivity index (χ1n) is 12.9. The second kappa shape index (κ2) is 11.9. The highest BCUT2D eigenvalue weighted by molar-refractivity contribution is 5.77. The number of β-amino-alcohol motifs (C(OH)–C–C–N with tert-alkyl or cyclic N) is 2. The Kier molecular flexibility index (Phi) is 8.87. The fourth-order valence-electron chi connectivity index (χ4n) is 5.19. The number of nitrogens with zero attached hydrogens (tertiary/aromatic N) is 3. The molecule has 0 spiro atoms. The first-order valence-corrected chi connectivity index (χ1v) is 12.9. The molecule has 0 saturated carbocycles. The van der Waals surface area contributed by atoms with E-state index < -0.39 is 22.8 Å². The number of carbonyl (C=O) groups excluding carboxylic acids is 1. The Balaban J connectivity index is 1.43. The number of methoxy groups -OCH3 is 1. The van der Waals surface area contributed by atoms with Crippen molar-refractivity contribution >= 4 is 11.6 Å². The molecule has 0 radical (unpaired) electrons. The summed E-state index contributed by atoms with van der Waals surface area (Å²) in [6, 6.07) is 11.5. The van der Waals surface area contributed by atoms with Crippen molar-refractivity contribution in [3.05, 3.63) is 59.7 Å². The molecule has 2 aliphatic rings. The molecule has 2 aromatic rings. The zero-order valence-electron chi connectivity index (χ0n) is 22.0. The van der Waals surface area contributed by atoms with Gasteiger partial charge in [0.25, 0.3) is 0 Å². The van der Waals surface area contributed by atoms with Crippen LogP contribution in [0.15, 0.2) is 42.5 Å². The van der Waals surface area contributed by atoms with Crippen molar-refractivity contribution in [2.24, 2.45) is 0 Å². The third-order valence-electron chi connectivity index (χ3n) is 7.32. The second-order valence-corrected chi connectivity index (χ2v) is 10.6. The Hall–Kier alpha value is -2.79. The van der Waals surface area contributed by atoms with Gasteiger partial charge in [-0.3, -0.25) is 9.69 Å². The predicted molar refractivity (Wildman–Crippen MR) is 139 cm³/mol. The first kappa shape index (κ1) is 28.2. The molecule has 0 aromatic heterocycles. The van der Waals surface area contributed by atoms with E-state index in [1.807, 2.05) is 11.8 Å². The Morgan fingerprint density at radius 3 is 2.32 bits per heavy atom. The predicted octanol–water partition coefficient (Wildman–Crippen LogP) is 2.21. The fraction of sp³-hybridized carbons (Fsp3) is 0.536. The van der Waals surface area contributed by atoms with Gasteiger partial charge in [-0.15, -0.1) is 0 Å². The molecule has 2 heterocycles. The van der Waals surface area contributed by atoms with Gasteiger partial charge in [0.1, 0.15) is 24.6 Å². The lowest BCUT2D eigenvalue weighted by Crippen LogP contribution is -2.56. The van der Waals surface area contributed by atoms with Crippen LogP contribution in [0.3, 0.4) is 0 Å². The van der Waals surface area contributed by atoms with Crippen molar-refractivity contribution in [3.8, 4) is 5.75 Å². The van der Waals surface area contributed by atoms with Gasteiger partial charge in [-0.1, -0.05) is 17.7 Å². The number of ether oxygens (including phenoxy) is 2. The molecule has 208 valence electrons. The quantitative estimate of drug-likeness (QED) is 0.538. The number of amides is 1. The van der Waals surface area contributed by atoms with E-state index in [9.17, 15) is 23.8 Å². The van der Waals surface area contributed by atoms with Gasteiger partial charge in [0, 0.05) is 58.1 Å². The van der Waals surface area contributed by atoms with Crippen molar-refractivity contribution in [1.29, 1.82) is 0 Å². The van der Waals surface area contributed by atoms with Crippen molar-refractivity contribution in [2.45, 2.75) is 31.0 Å². The highest BCUT2D eigenvalue weighted by Crippen LogP contribution is 2.29. The minimum absolute atomic E-state index is 0.0188. The molecule has 2 aliphatic heterocycles. The standard InChI is InChI=1S/C28H37F2N3O5/c1-21-3-5-22(6-4-21)32-11-9-27(35,10-12-32)17-31-13-14-33(26(34)16-37-2)19-28(36,18-31)20-38-23-7-8-24(29)25(30)15-23/h3-8,15,35-36H,9-14,16-20H2,1-2H3/t28-/m1/s1. The average Bonchev–Trinajstić information content (AvgIpc) is 3.04. The largest absolute Gasteiger partial charge is 0.490 e. The maximum absolute atomic E-state index is 13.7. The summed E-state index contributed by atoms with van der Waals surface area (Å²) in [6.07, 6.45) is 1.13. The zero-order chi connectivity index (χ0) is 27.3. The van der Waals surface area contributed by atoms with Gasteiger partial charge in [-0.05, 0) is 44.0 Å². The summed E-state index contributed by atoms with van der Waals surface area (Å²) >= 11 is 0. The highest BCUT2D eigenvalue weighted by Gasteiger charge is 2.41. The summed E-state index contributed by atoms with van der Waals surface area (Å²) in [6.45, 7) is 4.33. The lowest BCUT2D eigenvalue weighted by atomic mass is 9.90. The van der Waals surface area contributed by atoms with E-state index in [1.165, 1.54) is 23.6 Å². The van der Waals surface area contributed by atoms with Gasteiger partial charge >= 0.3 is 0 Å². The lowest BCUT2D eigenvalue weighted by Gasteiger charge is -2.42. The minimum Gasteiger partial charge on any atom is -0.490 e. The van der Waals surface area contributed by atoms with Gasteiger partial charge in [0.05, 0.1) is 12.1 Å². The molecular weight excluding hydrogens is 496 g/mol. The van der Waals surface area contributed by atoms with Crippen molar-refractivity contribution < 1.29 is 33.3 Å². The normalized spacial score (nSPS) is 22.3. The molecule has 8 nitrogen and oxygen atoms in total. The lowest BCUT2D eigenvalue weighted by molar-refractivity contribution is -0.138. The number of benzene rings is 2. The number of aliphatic hydroxyl groups is 2. The maximum Gasteiger partial charge on any atom is 0.248 e. The summed E-state index contributed by atoms with van der Waals surface area (Å²) in [4.78, 5) is 18.4. The van der Waals surface area contributed by atoms with Crippen LogP contribution in [0, 0.1) is 18.6 Å². The SMILES string of the molecule is COCC(=O)N1CCN(CC2(O)CCN(c3ccc(C)cc3)CC2)C[C@](O)(COc2ccc(F)c(F)c2)C1. The molecule has 38 heavy (non-hydrogen) atoms. The van der Waals surface area contributed by atoms with Crippen molar-refractivity contribution in [3.63, 3.8) is 0 Å². The zero-order valence-corrected chi connectivity index (χ0v) is 22.0. The van der Waals surface area contributed by atoms with Crippen LogP contribution in [-0.4, -0.2) is 103 Å². The molecule has 1 atom stereocenters. The highest BCUT2D eigenvalue weighted by atomic mass is 19.2. The van der Waals surface area contributed by atoms with Crippen LogP contribution in [0.2, 0.25) is 0 Å². The van der Waals surface area contributed by atoms with E-state index in [1.54, 1.807) is 0 Å². The topological polar surface area (TPSA) is 85.7 Å². The molecule has 2 fully saturated rings. The van der Waals surface area contributed by atoms with E-state index in [2.05, 4.69) is 29.2 Å². The van der Waals surface area contributed by atoms with E-state index in [-0.39, 0.29) is 38.0 Å². The summed E-state index contributed by atoms with van der Waals surface area (Å²) < 4.78 is 37.6. The number of rotatable bonds is 8. The van der Waals surface area contributed by atoms with Gasteiger partial charge in [0.2, 0.25) is 5.91 Å². The van der Waals surface area contributed by atoms with Crippen LogP contribution in [-0.2, 0) is 9.53 Å². The van der Waals surface area contributed by atoms with E-state index in [0.29, 0.717) is 45.6 Å². The van der Waals surface area contributed by atoms with Crippen LogP contribution in [0.4, 0.5) is 14.5 Å². The third kappa shape index (κ3) is 7.19. The molecule has 2 saturated heterocycles. The third-order valence-corrected chi connectivity index (χ3v) is 7.32. The number of hydrogen-bond acceptors (Lipinski definition) is 7. The Morgan fingerprint density at radius 2 is 1.66 bits per heavy atom. The minimum atomic E-state index is -1.51. The van der Waals surface area contributed by atoms with E-state index >= 15 is 0 Å². The fourth-order valence-corrected chi connectivity index (χ4v) is 5.19. The molecule has 0 unspecified atom stereocenters. The summed E-state index contributed by atoms with van der Waals surface area (Å²) in [5.41, 5.74) is -0.135. The smallest absolute Gasteiger partial charge is 0.248 e. The molecule has 2 aromatic carbocycles. The number of piperidine rings is 1. The molecule has 2 N–H and O–H groups in total. The van der Waals surface area contributed by atoms with Crippen LogP contribution < -0.4 is 9.64 Å². The van der Waals surface area contributed by atoms with Crippen molar-refractivity contribution in [1.82, 2.24) is 9.80 Å². The van der Waals surface area contributed by atoms with Crippen LogP contribution in [0.5, 0.6) is 5.75 Å². The molecule has 1 amide bonds. The van der Waals surface area contributed by atoms with Crippen LogP contribution >= 0.6 is 0 Å². The molecule has 0 bridgehead atoms. The Bertz CT molecular complexity index is 1090. The molecule has 10 heteroatoms. The summed E-state index contributed by atoms with van der Waals surface area (Å²) in [7, 11) is 1.43. The van der Waals surface area contributed by atoms with Crippen molar-refractivity contribution in [2.75, 3.05) is 71.0 Å². The second-order valence-electron chi connectivity index (χ2n) is 10.6. The Morgan fingerprint density at radius 1 is 0.947 bits per heavy atom. The van der Waals surface area contributed by atoms with Gasteiger partial charge in [-0.2, -0.15) is 0 Å². The van der Waals surface area contributed by atoms with E-state index in [4.69, 9.17) is 9.47 Å². The summed E-state index contributed by atoms with van der Waals surface area (Å²) in [5.74, 6) is -2.24. The number of anilines is 1. The van der Waals surface area contributed by atoms with E-state index in [0.717, 1.165) is 17.8 Å².